The molecule has 3 heterocycles. The molecule has 1 aliphatic rings. The number of hydrogen-bond donors (Lipinski definition) is 0. The van der Waals surface area contributed by atoms with Gasteiger partial charge in [-0.25, -0.2) is 15.0 Å². The van der Waals surface area contributed by atoms with Crippen molar-refractivity contribution in [2.75, 3.05) is 38.8 Å². The summed E-state index contributed by atoms with van der Waals surface area (Å²) in [5, 5.41) is 0. The normalized spacial score (nSPS) is 15.5. The number of hydrogen-bond acceptors (Lipinski definition) is 8. The predicted molar refractivity (Wildman–Crippen MR) is 136 cm³/mol. The van der Waals surface area contributed by atoms with Gasteiger partial charge in [0.05, 0.1) is 38.8 Å². The summed E-state index contributed by atoms with van der Waals surface area (Å²) in [6, 6.07) is 17.2. The van der Waals surface area contributed by atoms with E-state index in [4.69, 9.17) is 19.2 Å². The molecule has 1 atom stereocenters. The van der Waals surface area contributed by atoms with E-state index in [1.165, 1.54) is 12.4 Å². The molecule has 9 heteroatoms. The quantitative estimate of drug-likeness (QED) is 0.410. The maximum Gasteiger partial charge on any atom is 0.255 e. The third-order valence-corrected chi connectivity index (χ3v) is 6.30. The van der Waals surface area contributed by atoms with Crippen LogP contribution in [0.5, 0.6) is 11.5 Å². The van der Waals surface area contributed by atoms with Crippen molar-refractivity contribution in [1.29, 1.82) is 0 Å². The number of nitrogens with zero attached hydrogens (tertiary/aromatic N) is 5. The summed E-state index contributed by atoms with van der Waals surface area (Å²) < 4.78 is 19.0. The van der Waals surface area contributed by atoms with Gasteiger partial charge in [0.25, 0.3) is 5.56 Å². The Balaban J connectivity index is 1.51. The molecular formula is C27H27N5O4. The Hall–Kier alpha value is -4.24. The SMILES string of the molecule is COc1ccccc1-c1ccc(OC)c(C2CN(c3nc(-c4ccncn4)cc(=O)n3C)CCO2)c1. The van der Waals surface area contributed by atoms with Crippen LogP contribution in [0, 0.1) is 0 Å². The monoisotopic (exact) mass is 485 g/mol. The van der Waals surface area contributed by atoms with Crippen LogP contribution in [0.15, 0.2) is 71.9 Å². The molecule has 0 amide bonds. The Morgan fingerprint density at radius 2 is 1.83 bits per heavy atom. The van der Waals surface area contributed by atoms with Crippen molar-refractivity contribution in [3.05, 3.63) is 83.0 Å². The molecule has 1 saturated heterocycles. The number of rotatable bonds is 6. The Morgan fingerprint density at radius 3 is 2.61 bits per heavy atom. The lowest BCUT2D eigenvalue weighted by Crippen LogP contribution is -2.41. The summed E-state index contributed by atoms with van der Waals surface area (Å²) in [4.78, 5) is 27.8. The number of morpholine rings is 1. The van der Waals surface area contributed by atoms with E-state index in [9.17, 15) is 4.79 Å². The molecule has 1 unspecified atom stereocenters. The molecular weight excluding hydrogens is 458 g/mol. The molecule has 0 aliphatic carbocycles. The fraction of sp³-hybridized carbons (Fsp3) is 0.259. The van der Waals surface area contributed by atoms with E-state index in [1.54, 1.807) is 38.1 Å². The van der Waals surface area contributed by atoms with Gasteiger partial charge in [0.2, 0.25) is 5.95 Å². The van der Waals surface area contributed by atoms with Crippen LogP contribution in [-0.2, 0) is 11.8 Å². The minimum absolute atomic E-state index is 0.160. The summed E-state index contributed by atoms with van der Waals surface area (Å²) in [6.07, 6.45) is 2.79. The highest BCUT2D eigenvalue weighted by Gasteiger charge is 2.28. The first kappa shape index (κ1) is 23.5. The topological polar surface area (TPSA) is 91.6 Å². The van der Waals surface area contributed by atoms with Crippen molar-refractivity contribution >= 4 is 5.95 Å². The van der Waals surface area contributed by atoms with Crippen LogP contribution in [0.25, 0.3) is 22.5 Å². The number of anilines is 1. The van der Waals surface area contributed by atoms with Gasteiger partial charge in [-0.05, 0) is 29.8 Å². The van der Waals surface area contributed by atoms with Crippen LogP contribution < -0.4 is 19.9 Å². The molecule has 184 valence electrons. The van der Waals surface area contributed by atoms with Gasteiger partial charge in [-0.15, -0.1) is 0 Å². The van der Waals surface area contributed by atoms with Crippen molar-refractivity contribution in [2.24, 2.45) is 7.05 Å². The number of para-hydroxylation sites is 1. The molecule has 0 bridgehead atoms. The fourth-order valence-electron chi connectivity index (χ4n) is 4.44. The van der Waals surface area contributed by atoms with Gasteiger partial charge in [0.15, 0.2) is 0 Å². The zero-order valence-corrected chi connectivity index (χ0v) is 20.4. The molecule has 1 fully saturated rings. The van der Waals surface area contributed by atoms with E-state index in [0.717, 1.165) is 28.2 Å². The lowest BCUT2D eigenvalue weighted by Gasteiger charge is -2.35. The van der Waals surface area contributed by atoms with E-state index >= 15 is 0 Å². The second kappa shape index (κ2) is 10.2. The summed E-state index contributed by atoms with van der Waals surface area (Å²) in [6.45, 7) is 1.57. The van der Waals surface area contributed by atoms with E-state index in [1.807, 2.05) is 36.4 Å². The highest BCUT2D eigenvalue weighted by Crippen LogP contribution is 2.37. The van der Waals surface area contributed by atoms with Crippen LogP contribution in [0.2, 0.25) is 0 Å². The molecule has 2 aromatic carbocycles. The van der Waals surface area contributed by atoms with Crippen LogP contribution >= 0.6 is 0 Å². The summed E-state index contributed by atoms with van der Waals surface area (Å²) in [7, 11) is 5.04. The average Bonchev–Trinajstić information content (AvgIpc) is 2.94. The third-order valence-electron chi connectivity index (χ3n) is 6.30. The van der Waals surface area contributed by atoms with Crippen molar-refractivity contribution in [3.63, 3.8) is 0 Å². The molecule has 0 saturated carbocycles. The molecule has 1 aliphatic heterocycles. The first-order valence-electron chi connectivity index (χ1n) is 11.6. The van der Waals surface area contributed by atoms with E-state index in [0.29, 0.717) is 37.0 Å². The molecule has 4 aromatic rings. The zero-order chi connectivity index (χ0) is 25.1. The minimum atomic E-state index is -0.289. The second-order valence-corrected chi connectivity index (χ2v) is 8.40. The zero-order valence-electron chi connectivity index (χ0n) is 20.4. The summed E-state index contributed by atoms with van der Waals surface area (Å²) in [5.74, 6) is 2.09. The molecule has 36 heavy (non-hydrogen) atoms. The van der Waals surface area contributed by atoms with Crippen LogP contribution in [0.1, 0.15) is 11.7 Å². The van der Waals surface area contributed by atoms with Crippen LogP contribution in [0.4, 0.5) is 5.95 Å². The molecule has 0 N–H and O–H groups in total. The van der Waals surface area contributed by atoms with Gasteiger partial charge < -0.3 is 19.1 Å². The number of methoxy groups -OCH3 is 2. The number of benzene rings is 2. The predicted octanol–water partition coefficient (Wildman–Crippen LogP) is 3.50. The van der Waals surface area contributed by atoms with Crippen LogP contribution in [-0.4, -0.2) is 53.4 Å². The number of aromatic nitrogens is 4. The highest BCUT2D eigenvalue weighted by molar-refractivity contribution is 5.72. The fourth-order valence-corrected chi connectivity index (χ4v) is 4.44. The first-order chi connectivity index (χ1) is 17.6. The van der Waals surface area contributed by atoms with E-state index in [-0.39, 0.29) is 11.7 Å². The van der Waals surface area contributed by atoms with Gasteiger partial charge >= 0.3 is 0 Å². The number of ether oxygens (including phenoxy) is 3. The van der Waals surface area contributed by atoms with Gasteiger partial charge in [-0.2, -0.15) is 0 Å². The molecule has 5 rings (SSSR count). The highest BCUT2D eigenvalue weighted by atomic mass is 16.5. The first-order valence-corrected chi connectivity index (χ1v) is 11.6. The van der Waals surface area contributed by atoms with Crippen molar-refractivity contribution in [1.82, 2.24) is 19.5 Å². The van der Waals surface area contributed by atoms with Gasteiger partial charge in [0, 0.05) is 37.0 Å². The van der Waals surface area contributed by atoms with Crippen molar-refractivity contribution in [3.8, 4) is 34.0 Å². The van der Waals surface area contributed by atoms with Gasteiger partial charge in [-0.3, -0.25) is 9.36 Å². The van der Waals surface area contributed by atoms with E-state index < -0.39 is 0 Å². The maximum atomic E-state index is 12.8. The Kier molecular flexibility index (Phi) is 6.64. The Labute approximate surface area is 209 Å². The second-order valence-electron chi connectivity index (χ2n) is 8.40. The lowest BCUT2D eigenvalue weighted by molar-refractivity contribution is 0.0375. The molecule has 0 spiro atoms. The largest absolute Gasteiger partial charge is 0.496 e. The molecule has 9 nitrogen and oxygen atoms in total. The third kappa shape index (κ3) is 4.52. The average molecular weight is 486 g/mol. The standard InChI is InChI=1S/C27H27N5O4/c1-31-26(33)15-22(21-10-11-28-17-29-21)30-27(31)32-12-13-36-25(16-32)20-14-18(8-9-24(20)35-3)19-6-4-5-7-23(19)34-2/h4-11,14-15,17,25H,12-13,16H2,1-3H3. The smallest absolute Gasteiger partial charge is 0.255 e. The molecule has 2 aromatic heterocycles. The Morgan fingerprint density at radius 1 is 1.00 bits per heavy atom. The van der Waals surface area contributed by atoms with Crippen molar-refractivity contribution in [2.45, 2.75) is 6.10 Å². The van der Waals surface area contributed by atoms with E-state index in [2.05, 4.69) is 20.9 Å². The Bertz CT molecular complexity index is 1420. The molecule has 0 radical (unpaired) electrons. The lowest BCUT2D eigenvalue weighted by atomic mass is 9.98. The van der Waals surface area contributed by atoms with Crippen LogP contribution in [0.3, 0.4) is 0 Å². The summed E-state index contributed by atoms with van der Waals surface area (Å²) >= 11 is 0. The minimum Gasteiger partial charge on any atom is -0.496 e. The maximum absolute atomic E-state index is 12.8. The van der Waals surface area contributed by atoms with Gasteiger partial charge in [0.1, 0.15) is 23.9 Å². The van der Waals surface area contributed by atoms with Gasteiger partial charge in [-0.1, -0.05) is 24.3 Å². The summed E-state index contributed by atoms with van der Waals surface area (Å²) in [5.41, 5.74) is 3.85. The van der Waals surface area contributed by atoms with Crippen molar-refractivity contribution < 1.29 is 14.2 Å².